The summed E-state index contributed by atoms with van der Waals surface area (Å²) in [6, 6.07) is 6.07. The van der Waals surface area contributed by atoms with Crippen LogP contribution in [0.1, 0.15) is 48.2 Å². The maximum Gasteiger partial charge on any atom is 0.163 e. The molecule has 2 rings (SSSR count). The summed E-state index contributed by atoms with van der Waals surface area (Å²) in [7, 11) is 0. The lowest BCUT2D eigenvalue weighted by Crippen LogP contribution is -2.27. The molecule has 0 atom stereocenters. The molecule has 1 aliphatic rings. The van der Waals surface area contributed by atoms with Crippen LogP contribution in [0.15, 0.2) is 24.8 Å². The van der Waals surface area contributed by atoms with Crippen LogP contribution in [0.5, 0.6) is 0 Å². The van der Waals surface area contributed by atoms with Gasteiger partial charge in [-0.25, -0.2) is 0 Å². The Labute approximate surface area is 90.8 Å². The molecule has 0 amide bonds. The minimum Gasteiger partial charge on any atom is -0.294 e. The standard InChI is InChI=1S/C14H16O/c1-4-10-5-6-12-11(9-10)13(15)7-8-14(12,2)3/h4-6,9H,1,7-8H2,2-3H3. The predicted molar refractivity (Wildman–Crippen MR) is 63.1 cm³/mol. The molecule has 1 aromatic carbocycles. The van der Waals surface area contributed by atoms with Crippen molar-refractivity contribution < 1.29 is 4.79 Å². The van der Waals surface area contributed by atoms with E-state index in [-0.39, 0.29) is 11.2 Å². The second-order valence-electron chi connectivity index (χ2n) is 4.82. The van der Waals surface area contributed by atoms with Gasteiger partial charge < -0.3 is 0 Å². The first-order chi connectivity index (χ1) is 7.04. The highest BCUT2D eigenvalue weighted by atomic mass is 16.1. The van der Waals surface area contributed by atoms with Crippen LogP contribution in [-0.4, -0.2) is 5.78 Å². The zero-order valence-corrected chi connectivity index (χ0v) is 9.34. The van der Waals surface area contributed by atoms with Gasteiger partial charge in [-0.05, 0) is 29.0 Å². The summed E-state index contributed by atoms with van der Waals surface area (Å²) in [6.45, 7) is 8.13. The predicted octanol–water partition coefficient (Wildman–Crippen LogP) is 3.58. The summed E-state index contributed by atoms with van der Waals surface area (Å²) in [5.41, 5.74) is 3.23. The Bertz CT molecular complexity index is 427. The lowest BCUT2D eigenvalue weighted by Gasteiger charge is -2.31. The first kappa shape index (κ1) is 10.2. The second-order valence-corrected chi connectivity index (χ2v) is 4.82. The van der Waals surface area contributed by atoms with Gasteiger partial charge in [-0.15, -0.1) is 0 Å². The molecule has 0 aromatic heterocycles. The maximum atomic E-state index is 11.8. The Morgan fingerprint density at radius 3 is 2.80 bits per heavy atom. The average molecular weight is 200 g/mol. The van der Waals surface area contributed by atoms with Gasteiger partial charge in [0.05, 0.1) is 0 Å². The van der Waals surface area contributed by atoms with Crippen molar-refractivity contribution in [3.05, 3.63) is 41.5 Å². The Balaban J connectivity index is 2.62. The zero-order valence-electron chi connectivity index (χ0n) is 9.34. The molecule has 0 heterocycles. The highest BCUT2D eigenvalue weighted by Crippen LogP contribution is 2.36. The Kier molecular flexibility index (Phi) is 2.26. The molecule has 0 aliphatic heterocycles. The molecule has 0 spiro atoms. The molecule has 0 unspecified atom stereocenters. The van der Waals surface area contributed by atoms with Crippen LogP contribution in [-0.2, 0) is 5.41 Å². The highest BCUT2D eigenvalue weighted by molar-refractivity contribution is 5.99. The molecule has 0 saturated heterocycles. The van der Waals surface area contributed by atoms with E-state index in [1.165, 1.54) is 5.56 Å². The van der Waals surface area contributed by atoms with Crippen LogP contribution in [0.4, 0.5) is 0 Å². The topological polar surface area (TPSA) is 17.1 Å². The summed E-state index contributed by atoms with van der Waals surface area (Å²) in [5.74, 6) is 0.271. The number of carbonyl (C=O) groups is 1. The number of ketones is 1. The molecule has 15 heavy (non-hydrogen) atoms. The van der Waals surface area contributed by atoms with E-state index >= 15 is 0 Å². The van der Waals surface area contributed by atoms with Gasteiger partial charge >= 0.3 is 0 Å². The van der Waals surface area contributed by atoms with Gasteiger partial charge in [-0.2, -0.15) is 0 Å². The number of carbonyl (C=O) groups excluding carboxylic acids is 1. The average Bonchev–Trinajstić information content (AvgIpc) is 2.23. The second kappa shape index (κ2) is 3.34. The van der Waals surface area contributed by atoms with Crippen molar-refractivity contribution in [3.8, 4) is 0 Å². The van der Waals surface area contributed by atoms with Gasteiger partial charge in [0.2, 0.25) is 0 Å². The van der Waals surface area contributed by atoms with E-state index in [1.54, 1.807) is 6.08 Å². The SMILES string of the molecule is C=Cc1ccc2c(c1)C(=O)CCC2(C)C. The Morgan fingerprint density at radius 2 is 2.13 bits per heavy atom. The maximum absolute atomic E-state index is 11.8. The third-order valence-electron chi connectivity index (χ3n) is 3.29. The monoisotopic (exact) mass is 200 g/mol. The van der Waals surface area contributed by atoms with Crippen molar-refractivity contribution in [3.63, 3.8) is 0 Å². The van der Waals surface area contributed by atoms with Crippen LogP contribution in [0.2, 0.25) is 0 Å². The van der Waals surface area contributed by atoms with Crippen LogP contribution in [0.25, 0.3) is 6.08 Å². The Hall–Kier alpha value is -1.37. The molecule has 78 valence electrons. The smallest absolute Gasteiger partial charge is 0.163 e. The van der Waals surface area contributed by atoms with Gasteiger partial charge in [-0.1, -0.05) is 38.6 Å². The number of rotatable bonds is 1. The molecular formula is C14H16O. The van der Waals surface area contributed by atoms with E-state index in [1.807, 2.05) is 12.1 Å². The summed E-state index contributed by atoms with van der Waals surface area (Å²) in [4.78, 5) is 11.8. The molecule has 1 nitrogen and oxygen atoms in total. The van der Waals surface area contributed by atoms with E-state index < -0.39 is 0 Å². The van der Waals surface area contributed by atoms with Crippen LogP contribution in [0, 0.1) is 0 Å². The molecule has 0 bridgehead atoms. The fraction of sp³-hybridized carbons (Fsp3) is 0.357. The summed E-state index contributed by atoms with van der Waals surface area (Å²) in [6.07, 6.45) is 3.40. The first-order valence-electron chi connectivity index (χ1n) is 5.35. The first-order valence-corrected chi connectivity index (χ1v) is 5.35. The molecular weight excluding hydrogens is 184 g/mol. The fourth-order valence-corrected chi connectivity index (χ4v) is 2.21. The molecule has 1 aliphatic carbocycles. The van der Waals surface area contributed by atoms with E-state index in [0.29, 0.717) is 6.42 Å². The summed E-state index contributed by atoms with van der Waals surface area (Å²) in [5, 5.41) is 0. The molecule has 0 N–H and O–H groups in total. The number of hydrogen-bond acceptors (Lipinski definition) is 1. The highest BCUT2D eigenvalue weighted by Gasteiger charge is 2.31. The molecule has 0 saturated carbocycles. The molecule has 1 aromatic rings. The molecule has 0 fully saturated rings. The Morgan fingerprint density at radius 1 is 1.40 bits per heavy atom. The summed E-state index contributed by atoms with van der Waals surface area (Å²) < 4.78 is 0. The van der Waals surface area contributed by atoms with Gasteiger partial charge in [0.1, 0.15) is 0 Å². The third kappa shape index (κ3) is 1.63. The van der Waals surface area contributed by atoms with Gasteiger partial charge in [0.25, 0.3) is 0 Å². The van der Waals surface area contributed by atoms with Crippen molar-refractivity contribution in [1.82, 2.24) is 0 Å². The van der Waals surface area contributed by atoms with Crippen LogP contribution >= 0.6 is 0 Å². The lowest BCUT2D eigenvalue weighted by molar-refractivity contribution is 0.0956. The molecule has 1 heteroatoms. The summed E-state index contributed by atoms with van der Waals surface area (Å²) >= 11 is 0. The van der Waals surface area contributed by atoms with E-state index in [9.17, 15) is 4.79 Å². The van der Waals surface area contributed by atoms with Gasteiger partial charge in [0.15, 0.2) is 5.78 Å². The minimum absolute atomic E-state index is 0.128. The largest absolute Gasteiger partial charge is 0.294 e. The van der Waals surface area contributed by atoms with Crippen LogP contribution < -0.4 is 0 Å². The fourth-order valence-electron chi connectivity index (χ4n) is 2.21. The number of benzene rings is 1. The van der Waals surface area contributed by atoms with Crippen molar-refractivity contribution in [1.29, 1.82) is 0 Å². The molecule has 0 radical (unpaired) electrons. The van der Waals surface area contributed by atoms with Crippen molar-refractivity contribution in [2.24, 2.45) is 0 Å². The van der Waals surface area contributed by atoms with E-state index in [2.05, 4.69) is 26.5 Å². The normalized spacial score (nSPS) is 18.4. The number of fused-ring (bicyclic) bond motifs is 1. The quantitative estimate of drug-likeness (QED) is 0.677. The van der Waals surface area contributed by atoms with Gasteiger partial charge in [0, 0.05) is 12.0 Å². The van der Waals surface area contributed by atoms with Crippen molar-refractivity contribution in [2.45, 2.75) is 32.1 Å². The van der Waals surface area contributed by atoms with E-state index in [4.69, 9.17) is 0 Å². The number of hydrogen-bond donors (Lipinski definition) is 0. The van der Waals surface area contributed by atoms with Gasteiger partial charge in [-0.3, -0.25) is 4.79 Å². The van der Waals surface area contributed by atoms with Crippen molar-refractivity contribution >= 4 is 11.9 Å². The number of Topliss-reactive ketones (excluding diaryl/α,β-unsaturated/α-hetero) is 1. The van der Waals surface area contributed by atoms with Crippen molar-refractivity contribution in [2.75, 3.05) is 0 Å². The zero-order chi connectivity index (χ0) is 11.1. The van der Waals surface area contributed by atoms with Crippen LogP contribution in [0.3, 0.4) is 0 Å². The van der Waals surface area contributed by atoms with E-state index in [0.717, 1.165) is 17.5 Å². The lowest BCUT2D eigenvalue weighted by atomic mass is 9.72. The minimum atomic E-state index is 0.128. The third-order valence-corrected chi connectivity index (χ3v) is 3.29.